The summed E-state index contributed by atoms with van der Waals surface area (Å²) in [6.07, 6.45) is 5.27. The minimum Gasteiger partial charge on any atom is -0.477 e. The molecule has 50 heavy (non-hydrogen) atoms. The van der Waals surface area contributed by atoms with E-state index in [9.17, 15) is 19.2 Å². The standard InChI is InChI=1S/C8H6N6O2.C7H5N3O2.C6H5ClN2O2.C6H3N3O2/c1-4-11-13-7(14-12-4)6-9-3-2-5(10-6)8(15)16;1-12-7(11)5-2-3-9-6(4-8)10-5;1-11-5(10)4-2-3-8-6(7)9-4;7-3-5-8-2-1-4(9-5)6(10)11/h2-3H,1H3,(H,15,16);2-3H,1H3;2-3H,1H3;1-2H,(H,10,11). The van der Waals surface area contributed by atoms with Gasteiger partial charge >= 0.3 is 23.9 Å². The zero-order chi connectivity index (χ0) is 37.1. The van der Waals surface area contributed by atoms with E-state index < -0.39 is 23.9 Å². The molecule has 5 aromatic heterocycles. The molecule has 0 fully saturated rings. The fraction of sp³-hybridized carbons (Fsp3) is 0.111. The predicted molar refractivity (Wildman–Crippen MR) is 161 cm³/mol. The SMILES string of the molecule is COC(=O)c1ccnc(C#N)n1.COC(=O)c1ccnc(Cl)n1.Cc1nnc(-c2nccc(C(=O)O)n2)nn1.N#Cc1nccc(C(=O)O)n1. The fourth-order valence-electron chi connectivity index (χ4n) is 2.67. The third kappa shape index (κ3) is 12.7. The highest BCUT2D eigenvalue weighted by Gasteiger charge is 2.11. The van der Waals surface area contributed by atoms with Gasteiger partial charge in [0.15, 0.2) is 28.6 Å². The molecule has 0 bridgehead atoms. The Bertz CT molecular complexity index is 2060. The molecule has 0 aromatic carbocycles. The van der Waals surface area contributed by atoms with Crippen molar-refractivity contribution in [2.75, 3.05) is 14.2 Å². The van der Waals surface area contributed by atoms with Gasteiger partial charge in [-0.15, -0.1) is 20.4 Å². The summed E-state index contributed by atoms with van der Waals surface area (Å²) in [6, 6.07) is 8.67. The van der Waals surface area contributed by atoms with Gasteiger partial charge in [-0.3, -0.25) is 0 Å². The number of aryl methyl sites for hydroxylation is 1. The second-order valence-corrected chi connectivity index (χ2v) is 8.43. The van der Waals surface area contributed by atoms with Crippen LogP contribution in [0, 0.1) is 29.6 Å². The molecule has 5 rings (SSSR count). The van der Waals surface area contributed by atoms with E-state index in [1.165, 1.54) is 63.3 Å². The molecule has 0 aliphatic rings. The Morgan fingerprint density at radius 2 is 1.04 bits per heavy atom. The van der Waals surface area contributed by atoms with Crippen molar-refractivity contribution in [3.05, 3.63) is 94.6 Å². The summed E-state index contributed by atoms with van der Waals surface area (Å²) in [5, 5.41) is 48.6. The maximum Gasteiger partial charge on any atom is 0.356 e. The highest BCUT2D eigenvalue weighted by molar-refractivity contribution is 6.28. The van der Waals surface area contributed by atoms with Crippen LogP contribution in [0.15, 0.2) is 49.1 Å². The van der Waals surface area contributed by atoms with Crippen molar-refractivity contribution in [1.82, 2.24) is 60.3 Å². The molecular formula is C27H19ClN14O8. The van der Waals surface area contributed by atoms with Crippen LogP contribution in [0.3, 0.4) is 0 Å². The van der Waals surface area contributed by atoms with E-state index in [0.717, 1.165) is 0 Å². The molecule has 0 spiro atoms. The fourth-order valence-corrected chi connectivity index (χ4v) is 2.82. The van der Waals surface area contributed by atoms with Crippen LogP contribution in [0.5, 0.6) is 0 Å². The first-order chi connectivity index (χ1) is 23.9. The summed E-state index contributed by atoms with van der Waals surface area (Å²) in [5.41, 5.74) is -0.0534. The number of ether oxygens (including phenoxy) is 2. The van der Waals surface area contributed by atoms with Crippen molar-refractivity contribution in [3.63, 3.8) is 0 Å². The molecule has 0 atom stereocenters. The van der Waals surface area contributed by atoms with Crippen LogP contribution in [0.1, 0.15) is 59.4 Å². The third-order valence-electron chi connectivity index (χ3n) is 4.80. The summed E-state index contributed by atoms with van der Waals surface area (Å²) in [4.78, 5) is 71.6. The molecule has 0 unspecified atom stereocenters. The first kappa shape index (κ1) is 38.6. The quantitative estimate of drug-likeness (QED) is 0.189. The van der Waals surface area contributed by atoms with Gasteiger partial charge in [0, 0.05) is 24.8 Å². The second kappa shape index (κ2) is 19.8. The molecule has 0 amide bonds. The number of carbonyl (C=O) groups excluding carboxylic acids is 2. The highest BCUT2D eigenvalue weighted by Crippen LogP contribution is 2.06. The highest BCUT2D eigenvalue weighted by atomic mass is 35.5. The molecule has 0 saturated carbocycles. The lowest BCUT2D eigenvalue weighted by Crippen LogP contribution is -2.05. The number of esters is 2. The molecule has 23 heteroatoms. The van der Waals surface area contributed by atoms with Gasteiger partial charge in [0.05, 0.1) is 14.2 Å². The Balaban J connectivity index is 0.000000235. The zero-order valence-electron chi connectivity index (χ0n) is 25.6. The molecule has 0 aliphatic heterocycles. The van der Waals surface area contributed by atoms with E-state index in [1.807, 2.05) is 0 Å². The van der Waals surface area contributed by atoms with Crippen molar-refractivity contribution in [2.45, 2.75) is 6.92 Å². The van der Waals surface area contributed by atoms with Crippen LogP contribution in [0.4, 0.5) is 0 Å². The maximum absolute atomic E-state index is 10.9. The number of aromatic carboxylic acids is 2. The number of carboxylic acid groups (broad SMARTS) is 2. The number of carboxylic acids is 2. The van der Waals surface area contributed by atoms with E-state index >= 15 is 0 Å². The molecule has 5 heterocycles. The van der Waals surface area contributed by atoms with Gasteiger partial charge < -0.3 is 19.7 Å². The summed E-state index contributed by atoms with van der Waals surface area (Å²) in [6.45, 7) is 1.64. The monoisotopic (exact) mass is 702 g/mol. The van der Waals surface area contributed by atoms with Gasteiger partial charge in [-0.2, -0.15) is 10.5 Å². The van der Waals surface area contributed by atoms with Crippen LogP contribution in [-0.4, -0.2) is 109 Å². The summed E-state index contributed by atoms with van der Waals surface area (Å²) < 4.78 is 8.80. The van der Waals surface area contributed by atoms with Gasteiger partial charge in [0.1, 0.15) is 12.1 Å². The summed E-state index contributed by atoms with van der Waals surface area (Å²) >= 11 is 5.42. The van der Waals surface area contributed by atoms with E-state index in [0.29, 0.717) is 5.82 Å². The van der Waals surface area contributed by atoms with Crippen LogP contribution in [-0.2, 0) is 9.47 Å². The van der Waals surface area contributed by atoms with Crippen molar-refractivity contribution >= 4 is 35.5 Å². The number of nitriles is 2. The zero-order valence-corrected chi connectivity index (χ0v) is 26.4. The number of carbonyl (C=O) groups is 4. The van der Waals surface area contributed by atoms with Crippen LogP contribution < -0.4 is 0 Å². The summed E-state index contributed by atoms with van der Waals surface area (Å²) in [7, 11) is 2.52. The van der Waals surface area contributed by atoms with Crippen LogP contribution in [0.2, 0.25) is 5.28 Å². The van der Waals surface area contributed by atoms with Crippen molar-refractivity contribution < 1.29 is 38.9 Å². The van der Waals surface area contributed by atoms with E-state index in [2.05, 4.69) is 69.7 Å². The molecule has 5 aromatic rings. The number of hydrogen-bond acceptors (Lipinski definition) is 20. The predicted octanol–water partition coefficient (Wildman–Crippen LogP) is 0.828. The first-order valence-electron chi connectivity index (χ1n) is 12.9. The maximum atomic E-state index is 10.9. The topological polar surface area (TPSA) is 329 Å². The average molecular weight is 703 g/mol. The number of nitrogens with zero attached hydrogens (tertiary/aromatic N) is 14. The summed E-state index contributed by atoms with van der Waals surface area (Å²) in [5.74, 6) is -2.99. The number of methoxy groups -OCH3 is 2. The number of halogens is 1. The third-order valence-corrected chi connectivity index (χ3v) is 4.98. The Labute approximate surface area is 284 Å². The molecular weight excluding hydrogens is 684 g/mol. The van der Waals surface area contributed by atoms with Gasteiger partial charge in [-0.1, -0.05) is 0 Å². The van der Waals surface area contributed by atoms with Crippen LogP contribution in [0.25, 0.3) is 11.6 Å². The van der Waals surface area contributed by atoms with Crippen LogP contribution >= 0.6 is 11.6 Å². The Morgan fingerprint density at radius 1 is 0.620 bits per heavy atom. The molecule has 0 aliphatic carbocycles. The molecule has 252 valence electrons. The minimum absolute atomic E-state index is 0.0351. The Hall–Kier alpha value is -7.59. The lowest BCUT2D eigenvalue weighted by molar-refractivity contribution is 0.0585. The van der Waals surface area contributed by atoms with Gasteiger partial charge in [-0.25, -0.2) is 59.0 Å². The minimum atomic E-state index is -1.16. The lowest BCUT2D eigenvalue weighted by atomic mass is 10.4. The Kier molecular flexibility index (Phi) is 15.3. The second-order valence-electron chi connectivity index (χ2n) is 8.10. The largest absolute Gasteiger partial charge is 0.477 e. The van der Waals surface area contributed by atoms with E-state index in [1.54, 1.807) is 19.1 Å². The van der Waals surface area contributed by atoms with Gasteiger partial charge in [0.25, 0.3) is 0 Å². The lowest BCUT2D eigenvalue weighted by Gasteiger charge is -1.97. The van der Waals surface area contributed by atoms with Crippen molar-refractivity contribution in [3.8, 4) is 23.8 Å². The van der Waals surface area contributed by atoms with Crippen molar-refractivity contribution in [1.29, 1.82) is 10.5 Å². The molecule has 0 radical (unpaired) electrons. The average Bonchev–Trinajstić information content (AvgIpc) is 3.15. The van der Waals surface area contributed by atoms with Crippen molar-refractivity contribution in [2.24, 2.45) is 0 Å². The van der Waals surface area contributed by atoms with E-state index in [-0.39, 0.29) is 51.4 Å². The smallest absolute Gasteiger partial charge is 0.356 e. The normalized spacial score (nSPS) is 9.24. The molecule has 22 nitrogen and oxygen atoms in total. The van der Waals surface area contributed by atoms with E-state index in [4.69, 9.17) is 32.3 Å². The van der Waals surface area contributed by atoms with Gasteiger partial charge in [-0.05, 0) is 42.8 Å². The number of rotatable bonds is 5. The Morgan fingerprint density at radius 3 is 1.50 bits per heavy atom. The van der Waals surface area contributed by atoms with Gasteiger partial charge in [0.2, 0.25) is 28.6 Å². The molecule has 2 N–H and O–H groups in total. The molecule has 0 saturated heterocycles. The first-order valence-corrected chi connectivity index (χ1v) is 13.3. The number of hydrogen-bond donors (Lipinski definition) is 2. The number of aromatic nitrogens is 12.